The summed E-state index contributed by atoms with van der Waals surface area (Å²) in [7, 11) is 1.57. The van der Waals surface area contributed by atoms with Gasteiger partial charge < -0.3 is 25.2 Å². The van der Waals surface area contributed by atoms with Gasteiger partial charge in [0.1, 0.15) is 36.7 Å². The largest absolute Gasteiger partial charge is 0.491 e. The molecule has 4 amide bonds. The summed E-state index contributed by atoms with van der Waals surface area (Å²) in [6, 6.07) is 12.9. The molecule has 1 fully saturated rings. The first-order chi connectivity index (χ1) is 18.8. The summed E-state index contributed by atoms with van der Waals surface area (Å²) in [5.74, 6) is -1.80. The van der Waals surface area contributed by atoms with Crippen molar-refractivity contribution in [1.29, 1.82) is 0 Å². The van der Waals surface area contributed by atoms with Crippen LogP contribution < -0.4 is 15.4 Å². The number of nitrogens with one attached hydrogen (secondary N) is 2. The second-order valence-electron chi connectivity index (χ2n) is 8.75. The summed E-state index contributed by atoms with van der Waals surface area (Å²) in [6.45, 7) is 1.83. The number of carbonyl (C=O) groups is 4. The Morgan fingerprint density at radius 3 is 2.51 bits per heavy atom. The molecule has 2 aromatic carbocycles. The van der Waals surface area contributed by atoms with E-state index in [1.165, 1.54) is 5.38 Å². The minimum atomic E-state index is -1.22. The molecule has 4 rings (SSSR count). The molecule has 1 aromatic heterocycles. The number of anilines is 1. The standard InChI is InChI=1S/C27H28N4O7S/c1-16(17-6-4-3-5-7-17)23(24(34)30-26-28-20(15-39-26)21(33)14-32)31-25(35)22(29-27(31)36)18-8-10-19(11-9-18)38-13-12-37-2/h3-11,15-16,22-23,32H,12-14H2,1-2H3,(H,29,36)(H,28,30,34)/t16-,22?,23-/m0/s1. The number of thiazole rings is 1. The molecule has 0 radical (unpaired) electrons. The summed E-state index contributed by atoms with van der Waals surface area (Å²) in [6.07, 6.45) is 0. The van der Waals surface area contributed by atoms with Crippen molar-refractivity contribution in [3.63, 3.8) is 0 Å². The number of hydrogen-bond donors (Lipinski definition) is 3. The number of rotatable bonds is 12. The van der Waals surface area contributed by atoms with Crippen molar-refractivity contribution >= 4 is 40.1 Å². The van der Waals surface area contributed by atoms with E-state index >= 15 is 0 Å². The zero-order valence-electron chi connectivity index (χ0n) is 21.3. The van der Waals surface area contributed by atoms with Crippen molar-refractivity contribution in [2.75, 3.05) is 32.2 Å². The molecule has 1 unspecified atom stereocenters. The van der Waals surface area contributed by atoms with E-state index < -0.39 is 48.2 Å². The molecule has 11 nitrogen and oxygen atoms in total. The van der Waals surface area contributed by atoms with Crippen molar-refractivity contribution < 1.29 is 33.8 Å². The van der Waals surface area contributed by atoms with Gasteiger partial charge in [-0.3, -0.25) is 14.4 Å². The Morgan fingerprint density at radius 1 is 1.13 bits per heavy atom. The number of urea groups is 1. The zero-order chi connectivity index (χ0) is 27.9. The molecule has 1 saturated heterocycles. The molecule has 0 bridgehead atoms. The topological polar surface area (TPSA) is 147 Å². The summed E-state index contributed by atoms with van der Waals surface area (Å²) >= 11 is 0.998. The van der Waals surface area contributed by atoms with Crippen LogP contribution in [-0.4, -0.2) is 71.6 Å². The van der Waals surface area contributed by atoms with Crippen molar-refractivity contribution in [3.05, 3.63) is 76.8 Å². The smallest absolute Gasteiger partial charge is 0.325 e. The van der Waals surface area contributed by atoms with Gasteiger partial charge >= 0.3 is 6.03 Å². The number of nitrogens with zero attached hydrogens (tertiary/aromatic N) is 2. The van der Waals surface area contributed by atoms with Gasteiger partial charge in [-0.15, -0.1) is 11.3 Å². The molecule has 3 atom stereocenters. The molecule has 39 heavy (non-hydrogen) atoms. The van der Waals surface area contributed by atoms with Crippen molar-refractivity contribution in [2.45, 2.75) is 24.9 Å². The van der Waals surface area contributed by atoms with Gasteiger partial charge in [-0.05, 0) is 23.3 Å². The number of Topliss-reactive ketones (excluding diaryl/α,β-unsaturated/α-hetero) is 1. The Morgan fingerprint density at radius 2 is 1.85 bits per heavy atom. The fourth-order valence-corrected chi connectivity index (χ4v) is 4.93. The van der Waals surface area contributed by atoms with Crippen LogP contribution in [0, 0.1) is 0 Å². The van der Waals surface area contributed by atoms with E-state index in [9.17, 15) is 19.2 Å². The Hall–Kier alpha value is -4.13. The molecular weight excluding hydrogens is 524 g/mol. The van der Waals surface area contributed by atoms with E-state index in [1.807, 2.05) is 18.2 Å². The van der Waals surface area contributed by atoms with Crippen LogP contribution >= 0.6 is 11.3 Å². The number of ketones is 1. The Balaban J connectivity index is 1.59. The second-order valence-corrected chi connectivity index (χ2v) is 9.61. The van der Waals surface area contributed by atoms with Crippen molar-refractivity contribution in [2.24, 2.45) is 0 Å². The molecule has 3 aromatic rings. The van der Waals surface area contributed by atoms with E-state index in [1.54, 1.807) is 50.4 Å². The molecule has 2 heterocycles. The predicted molar refractivity (Wildman–Crippen MR) is 143 cm³/mol. The summed E-state index contributed by atoms with van der Waals surface area (Å²) in [4.78, 5) is 57.1. The van der Waals surface area contributed by atoms with E-state index in [0.29, 0.717) is 24.5 Å². The van der Waals surface area contributed by atoms with Gasteiger partial charge in [0.05, 0.1) is 6.61 Å². The molecule has 204 valence electrons. The van der Waals surface area contributed by atoms with E-state index in [0.717, 1.165) is 21.8 Å². The van der Waals surface area contributed by atoms with Crippen LogP contribution in [0.5, 0.6) is 5.75 Å². The normalized spacial score (nSPS) is 16.5. The molecule has 0 aliphatic carbocycles. The van der Waals surface area contributed by atoms with Crippen LogP contribution in [0.15, 0.2) is 60.0 Å². The summed E-state index contributed by atoms with van der Waals surface area (Å²) < 4.78 is 10.5. The Bertz CT molecular complexity index is 1330. The Labute approximate surface area is 228 Å². The molecule has 0 spiro atoms. The maximum atomic E-state index is 13.6. The number of imide groups is 1. The highest BCUT2D eigenvalue weighted by atomic mass is 32.1. The lowest BCUT2D eigenvalue weighted by molar-refractivity contribution is -0.134. The van der Waals surface area contributed by atoms with Crippen molar-refractivity contribution in [3.8, 4) is 5.75 Å². The van der Waals surface area contributed by atoms with Crippen LogP contribution in [0.3, 0.4) is 0 Å². The number of aliphatic hydroxyl groups is 1. The van der Waals surface area contributed by atoms with E-state index in [2.05, 4.69) is 15.6 Å². The number of aliphatic hydroxyl groups excluding tert-OH is 1. The van der Waals surface area contributed by atoms with Crippen LogP contribution in [0.1, 0.15) is 40.5 Å². The number of methoxy groups -OCH3 is 1. The van der Waals surface area contributed by atoms with E-state index in [-0.39, 0.29) is 10.8 Å². The third-order valence-corrected chi connectivity index (χ3v) is 7.01. The van der Waals surface area contributed by atoms with Crippen LogP contribution in [0.25, 0.3) is 0 Å². The zero-order valence-corrected chi connectivity index (χ0v) is 22.1. The minimum absolute atomic E-state index is 0.00941. The number of benzene rings is 2. The van der Waals surface area contributed by atoms with Crippen LogP contribution in [-0.2, 0) is 14.3 Å². The lowest BCUT2D eigenvalue weighted by Crippen LogP contribution is -2.50. The quantitative estimate of drug-likeness (QED) is 0.177. The number of amides is 4. The number of carbonyl (C=O) groups excluding carboxylic acids is 4. The lowest BCUT2D eigenvalue weighted by Gasteiger charge is -2.29. The first-order valence-electron chi connectivity index (χ1n) is 12.1. The fraction of sp³-hybridized carbons (Fsp3) is 0.296. The first kappa shape index (κ1) is 27.9. The lowest BCUT2D eigenvalue weighted by atomic mass is 9.91. The van der Waals surface area contributed by atoms with Gasteiger partial charge in [0.25, 0.3) is 5.91 Å². The van der Waals surface area contributed by atoms with Crippen molar-refractivity contribution in [1.82, 2.24) is 15.2 Å². The summed E-state index contributed by atoms with van der Waals surface area (Å²) in [5, 5.41) is 15.9. The number of hydrogen-bond acceptors (Lipinski definition) is 9. The van der Waals surface area contributed by atoms with Gasteiger partial charge in [-0.25, -0.2) is 14.7 Å². The van der Waals surface area contributed by atoms with E-state index in [4.69, 9.17) is 14.6 Å². The molecule has 12 heteroatoms. The third-order valence-electron chi connectivity index (χ3n) is 6.25. The van der Waals surface area contributed by atoms with Gasteiger partial charge in [0, 0.05) is 18.4 Å². The predicted octanol–water partition coefficient (Wildman–Crippen LogP) is 2.75. The Kier molecular flexibility index (Phi) is 9.02. The maximum absolute atomic E-state index is 13.6. The number of aromatic nitrogens is 1. The first-order valence-corrected chi connectivity index (χ1v) is 13.0. The second kappa shape index (κ2) is 12.6. The maximum Gasteiger partial charge on any atom is 0.325 e. The molecule has 1 aliphatic heterocycles. The monoisotopic (exact) mass is 552 g/mol. The molecular formula is C27H28N4O7S. The molecule has 3 N–H and O–H groups in total. The van der Waals surface area contributed by atoms with Gasteiger partial charge in [0.15, 0.2) is 5.13 Å². The number of ether oxygens (including phenoxy) is 2. The molecule has 1 aliphatic rings. The average molecular weight is 553 g/mol. The van der Waals surface area contributed by atoms with Gasteiger partial charge in [-0.1, -0.05) is 49.4 Å². The average Bonchev–Trinajstić information content (AvgIpc) is 3.53. The van der Waals surface area contributed by atoms with Gasteiger partial charge in [-0.2, -0.15) is 0 Å². The highest BCUT2D eigenvalue weighted by molar-refractivity contribution is 7.14. The molecule has 0 saturated carbocycles. The highest BCUT2D eigenvalue weighted by Crippen LogP contribution is 2.32. The summed E-state index contributed by atoms with van der Waals surface area (Å²) in [5.41, 5.74) is 1.29. The van der Waals surface area contributed by atoms with Crippen LogP contribution in [0.2, 0.25) is 0 Å². The minimum Gasteiger partial charge on any atom is -0.491 e. The third kappa shape index (κ3) is 6.30. The van der Waals surface area contributed by atoms with Gasteiger partial charge in [0.2, 0.25) is 11.7 Å². The highest BCUT2D eigenvalue weighted by Gasteiger charge is 2.47. The SMILES string of the molecule is COCCOc1ccc(C2NC(=O)N([C@H](C(=O)Nc3nc(C(=O)CO)cs3)[C@@H](C)c3ccccc3)C2=O)cc1. The fourth-order valence-electron chi connectivity index (χ4n) is 4.21. The van der Waals surface area contributed by atoms with Crippen LogP contribution in [0.4, 0.5) is 9.93 Å².